The normalized spacial score (nSPS) is 14.7. The van der Waals surface area contributed by atoms with Gasteiger partial charge in [0.05, 0.1) is 12.8 Å². The van der Waals surface area contributed by atoms with E-state index in [1.807, 2.05) is 29.2 Å². The van der Waals surface area contributed by atoms with Gasteiger partial charge in [0.15, 0.2) is 5.13 Å². The van der Waals surface area contributed by atoms with Crippen molar-refractivity contribution in [3.63, 3.8) is 0 Å². The van der Waals surface area contributed by atoms with E-state index in [9.17, 15) is 4.79 Å². The van der Waals surface area contributed by atoms with Crippen molar-refractivity contribution in [2.24, 2.45) is 0 Å². The second-order valence-electron chi connectivity index (χ2n) is 4.91. The van der Waals surface area contributed by atoms with Crippen LogP contribution in [-0.2, 0) is 0 Å². The van der Waals surface area contributed by atoms with E-state index in [1.54, 1.807) is 12.5 Å². The highest BCUT2D eigenvalue weighted by Crippen LogP contribution is 2.28. The Morgan fingerprint density at radius 1 is 1.36 bits per heavy atom. The number of amides is 1. The Morgan fingerprint density at radius 3 is 2.91 bits per heavy atom. The number of methoxy groups -OCH3 is 1. The van der Waals surface area contributed by atoms with E-state index in [4.69, 9.17) is 4.74 Å². The Labute approximate surface area is 133 Å². The summed E-state index contributed by atoms with van der Waals surface area (Å²) < 4.78 is 5.30. The van der Waals surface area contributed by atoms with Crippen molar-refractivity contribution in [1.82, 2.24) is 15.2 Å². The van der Waals surface area contributed by atoms with Crippen LogP contribution in [0.25, 0.3) is 0 Å². The molecule has 116 valence electrons. The number of hydrogen-bond donors (Lipinski definition) is 2. The molecule has 2 aromatic rings. The summed E-state index contributed by atoms with van der Waals surface area (Å²) in [6.07, 6.45) is 0. The van der Waals surface area contributed by atoms with Gasteiger partial charge in [0.25, 0.3) is 5.91 Å². The summed E-state index contributed by atoms with van der Waals surface area (Å²) in [6, 6.07) is 7.62. The third-order valence-electron chi connectivity index (χ3n) is 3.48. The summed E-state index contributed by atoms with van der Waals surface area (Å²) in [6.45, 7) is 3.13. The molecule has 0 aliphatic carbocycles. The largest absolute Gasteiger partial charge is 0.495 e. The van der Waals surface area contributed by atoms with Gasteiger partial charge in [-0.15, -0.1) is 11.3 Å². The number of piperazine rings is 1. The van der Waals surface area contributed by atoms with Gasteiger partial charge in [-0.2, -0.15) is 0 Å². The molecule has 1 aromatic carbocycles. The van der Waals surface area contributed by atoms with Gasteiger partial charge in [0, 0.05) is 31.6 Å². The minimum absolute atomic E-state index is 0.00849. The van der Waals surface area contributed by atoms with Crippen LogP contribution in [0.15, 0.2) is 29.6 Å². The van der Waals surface area contributed by atoms with Crippen LogP contribution in [0.3, 0.4) is 0 Å². The predicted molar refractivity (Wildman–Crippen MR) is 87.2 cm³/mol. The van der Waals surface area contributed by atoms with E-state index in [0.29, 0.717) is 10.8 Å². The van der Waals surface area contributed by atoms with Crippen molar-refractivity contribution in [1.29, 1.82) is 0 Å². The molecule has 0 bridgehead atoms. The van der Waals surface area contributed by atoms with Gasteiger partial charge < -0.3 is 20.3 Å². The lowest BCUT2D eigenvalue weighted by atomic mass is 10.3. The monoisotopic (exact) mass is 318 g/mol. The molecular formula is C15H18N4O2S. The molecule has 0 saturated carbocycles. The van der Waals surface area contributed by atoms with Crippen molar-refractivity contribution < 1.29 is 9.53 Å². The smallest absolute Gasteiger partial charge is 0.273 e. The van der Waals surface area contributed by atoms with Crippen LogP contribution in [0, 0.1) is 0 Å². The quantitative estimate of drug-likeness (QED) is 0.902. The maximum atomic E-state index is 12.4. The summed E-state index contributed by atoms with van der Waals surface area (Å²) in [5.74, 6) is 0.735. The van der Waals surface area contributed by atoms with Gasteiger partial charge in [0.2, 0.25) is 0 Å². The number of carbonyl (C=O) groups is 1. The molecule has 0 radical (unpaired) electrons. The maximum absolute atomic E-state index is 12.4. The molecule has 0 unspecified atom stereocenters. The number of hydrogen-bond acceptors (Lipinski definition) is 6. The highest BCUT2D eigenvalue weighted by atomic mass is 32.1. The fourth-order valence-electron chi connectivity index (χ4n) is 2.32. The molecule has 22 heavy (non-hydrogen) atoms. The standard InChI is InChI=1S/C15H18N4O2S/c1-21-13-5-3-2-4-11(13)17-15-18-12(10-22-15)14(20)19-8-6-16-7-9-19/h2-5,10,16H,6-9H2,1H3,(H,17,18). The van der Waals surface area contributed by atoms with Crippen molar-refractivity contribution >= 4 is 28.1 Å². The number of ether oxygens (including phenoxy) is 1. The van der Waals surface area contributed by atoms with Crippen molar-refractivity contribution in [2.75, 3.05) is 38.6 Å². The lowest BCUT2D eigenvalue weighted by Crippen LogP contribution is -2.46. The fourth-order valence-corrected chi connectivity index (χ4v) is 3.02. The molecule has 1 saturated heterocycles. The molecule has 7 heteroatoms. The first-order valence-corrected chi connectivity index (χ1v) is 8.01. The van der Waals surface area contributed by atoms with Gasteiger partial charge in [-0.05, 0) is 12.1 Å². The first kappa shape index (κ1) is 14.8. The second kappa shape index (κ2) is 6.76. The van der Waals surface area contributed by atoms with Crippen LogP contribution in [0.1, 0.15) is 10.5 Å². The Hall–Kier alpha value is -2.12. The Morgan fingerprint density at radius 2 is 2.14 bits per heavy atom. The molecule has 0 atom stereocenters. The second-order valence-corrected chi connectivity index (χ2v) is 5.76. The van der Waals surface area contributed by atoms with E-state index in [0.717, 1.165) is 37.6 Å². The third kappa shape index (κ3) is 3.20. The van der Waals surface area contributed by atoms with Gasteiger partial charge in [0.1, 0.15) is 11.4 Å². The van der Waals surface area contributed by atoms with Crippen LogP contribution in [0.4, 0.5) is 10.8 Å². The number of carbonyl (C=O) groups excluding carboxylic acids is 1. The molecular weight excluding hydrogens is 300 g/mol. The Bertz CT molecular complexity index is 652. The lowest BCUT2D eigenvalue weighted by Gasteiger charge is -2.26. The number of nitrogens with zero attached hydrogens (tertiary/aromatic N) is 2. The van der Waals surface area contributed by atoms with Gasteiger partial charge >= 0.3 is 0 Å². The number of rotatable bonds is 4. The van der Waals surface area contributed by atoms with Crippen molar-refractivity contribution in [3.05, 3.63) is 35.3 Å². The molecule has 1 aliphatic rings. The van der Waals surface area contributed by atoms with Crippen LogP contribution in [0.5, 0.6) is 5.75 Å². The number of nitrogens with one attached hydrogen (secondary N) is 2. The summed E-state index contributed by atoms with van der Waals surface area (Å²) in [4.78, 5) is 18.6. The zero-order chi connectivity index (χ0) is 15.4. The molecule has 1 aliphatic heterocycles. The minimum atomic E-state index is -0.00849. The van der Waals surface area contributed by atoms with Crippen molar-refractivity contribution in [2.45, 2.75) is 0 Å². The molecule has 0 spiro atoms. The van der Waals surface area contributed by atoms with E-state index in [1.165, 1.54) is 11.3 Å². The number of anilines is 2. The number of thiazole rings is 1. The van der Waals surface area contributed by atoms with E-state index >= 15 is 0 Å². The van der Waals surface area contributed by atoms with Gasteiger partial charge in [-0.1, -0.05) is 12.1 Å². The fraction of sp³-hybridized carbons (Fsp3) is 0.333. The average Bonchev–Trinajstić information content (AvgIpc) is 3.04. The molecule has 3 rings (SSSR count). The summed E-state index contributed by atoms with van der Waals surface area (Å²) in [5.41, 5.74) is 1.32. The Balaban J connectivity index is 1.72. The molecule has 1 aromatic heterocycles. The zero-order valence-corrected chi connectivity index (χ0v) is 13.2. The SMILES string of the molecule is COc1ccccc1Nc1nc(C(=O)N2CCNCC2)cs1. The van der Waals surface area contributed by atoms with Gasteiger partial charge in [-0.3, -0.25) is 4.79 Å². The van der Waals surface area contributed by atoms with E-state index in [2.05, 4.69) is 15.6 Å². The lowest BCUT2D eigenvalue weighted by molar-refractivity contribution is 0.0731. The van der Waals surface area contributed by atoms with Crippen LogP contribution in [0.2, 0.25) is 0 Å². The van der Waals surface area contributed by atoms with Gasteiger partial charge in [-0.25, -0.2) is 4.98 Å². The maximum Gasteiger partial charge on any atom is 0.273 e. The van der Waals surface area contributed by atoms with E-state index < -0.39 is 0 Å². The highest BCUT2D eigenvalue weighted by Gasteiger charge is 2.20. The molecule has 1 fully saturated rings. The minimum Gasteiger partial charge on any atom is -0.495 e. The highest BCUT2D eigenvalue weighted by molar-refractivity contribution is 7.14. The first-order chi connectivity index (χ1) is 10.8. The van der Waals surface area contributed by atoms with Crippen LogP contribution < -0.4 is 15.4 Å². The molecule has 2 N–H and O–H groups in total. The van der Waals surface area contributed by atoms with Crippen LogP contribution >= 0.6 is 11.3 Å². The number of para-hydroxylation sites is 2. The summed E-state index contributed by atoms with van der Waals surface area (Å²) >= 11 is 1.41. The van der Waals surface area contributed by atoms with Crippen molar-refractivity contribution in [3.8, 4) is 5.75 Å². The average molecular weight is 318 g/mol. The van der Waals surface area contributed by atoms with Crippen LogP contribution in [-0.4, -0.2) is 49.1 Å². The summed E-state index contributed by atoms with van der Waals surface area (Å²) in [5, 5.41) is 8.91. The number of aromatic nitrogens is 1. The predicted octanol–water partition coefficient (Wildman–Crippen LogP) is 1.94. The summed E-state index contributed by atoms with van der Waals surface area (Å²) in [7, 11) is 1.63. The first-order valence-electron chi connectivity index (χ1n) is 7.13. The molecule has 6 nitrogen and oxygen atoms in total. The topological polar surface area (TPSA) is 66.5 Å². The zero-order valence-electron chi connectivity index (χ0n) is 12.3. The molecule has 2 heterocycles. The number of benzene rings is 1. The van der Waals surface area contributed by atoms with E-state index in [-0.39, 0.29) is 5.91 Å². The third-order valence-corrected chi connectivity index (χ3v) is 4.23. The molecule has 1 amide bonds. The Kier molecular flexibility index (Phi) is 4.55.